The summed E-state index contributed by atoms with van der Waals surface area (Å²) in [5.41, 5.74) is 3.11. The quantitative estimate of drug-likeness (QED) is 0.422. The molecule has 0 aliphatic carbocycles. The molecule has 32 heavy (non-hydrogen) atoms. The number of halogens is 3. The molecule has 0 aliphatic rings. The van der Waals surface area contributed by atoms with Crippen LogP contribution in [0.1, 0.15) is 27.0 Å². The van der Waals surface area contributed by atoms with E-state index in [1.54, 1.807) is 18.2 Å². The van der Waals surface area contributed by atoms with Crippen molar-refractivity contribution in [2.24, 2.45) is 10.2 Å². The number of carbonyl (C=O) groups is 1. The minimum atomic E-state index is -4.72. The van der Waals surface area contributed by atoms with Crippen molar-refractivity contribution in [2.75, 3.05) is 7.05 Å². The Hall–Kier alpha value is -3.88. The number of carboxylic acids is 1. The molecule has 0 aliphatic heterocycles. The zero-order valence-corrected chi connectivity index (χ0v) is 17.0. The molecule has 0 saturated heterocycles. The van der Waals surface area contributed by atoms with Crippen LogP contribution in [0.5, 0.6) is 11.5 Å². The minimum absolute atomic E-state index is 0.137. The molecule has 0 spiro atoms. The Morgan fingerprint density at radius 1 is 0.938 bits per heavy atom. The summed E-state index contributed by atoms with van der Waals surface area (Å²) in [6, 6.07) is 17.5. The van der Waals surface area contributed by atoms with E-state index in [4.69, 9.17) is 9.84 Å². The first-order chi connectivity index (χ1) is 15.2. The van der Waals surface area contributed by atoms with Gasteiger partial charge in [-0.25, -0.2) is 4.79 Å². The van der Waals surface area contributed by atoms with E-state index in [1.165, 1.54) is 43.4 Å². The van der Waals surface area contributed by atoms with Crippen LogP contribution in [0.2, 0.25) is 0 Å². The first-order valence-electron chi connectivity index (χ1n) is 9.46. The first kappa shape index (κ1) is 22.8. The Morgan fingerprint density at radius 2 is 1.56 bits per heavy atom. The lowest BCUT2D eigenvalue weighted by Crippen LogP contribution is -2.17. The van der Waals surface area contributed by atoms with E-state index in [0.717, 1.165) is 11.1 Å². The standard InChI is InChI=1S/C23H19F3N2O4/c1-27-28-21-13-18(22(29)30)7-6-17(21)12-15-2-8-19(9-3-15)31-14-16-4-10-20(11-5-16)32-23(24,25)26/h2-11,13H,12,14H2,1H3,(H,29,30). The molecule has 0 radical (unpaired) electrons. The zero-order valence-electron chi connectivity index (χ0n) is 17.0. The number of rotatable bonds is 8. The summed E-state index contributed by atoms with van der Waals surface area (Å²) in [4.78, 5) is 11.2. The Morgan fingerprint density at radius 3 is 2.16 bits per heavy atom. The molecule has 6 nitrogen and oxygen atoms in total. The number of benzene rings is 3. The molecule has 1 N–H and O–H groups in total. The highest BCUT2D eigenvalue weighted by Gasteiger charge is 2.30. The normalized spacial score (nSPS) is 11.5. The van der Waals surface area contributed by atoms with Crippen molar-refractivity contribution in [3.05, 3.63) is 89.0 Å². The summed E-state index contributed by atoms with van der Waals surface area (Å²) in [6.07, 6.45) is -4.20. The fourth-order valence-corrected chi connectivity index (χ4v) is 2.92. The van der Waals surface area contributed by atoms with E-state index in [0.29, 0.717) is 23.4 Å². The van der Waals surface area contributed by atoms with Gasteiger partial charge in [0.15, 0.2) is 0 Å². The summed E-state index contributed by atoms with van der Waals surface area (Å²) in [7, 11) is 1.51. The van der Waals surface area contributed by atoms with E-state index >= 15 is 0 Å². The second-order valence-corrected chi connectivity index (χ2v) is 6.75. The summed E-state index contributed by atoms with van der Waals surface area (Å²) in [6.45, 7) is 0.184. The van der Waals surface area contributed by atoms with Crippen LogP contribution in [-0.2, 0) is 13.0 Å². The summed E-state index contributed by atoms with van der Waals surface area (Å²) >= 11 is 0. The molecule has 0 heterocycles. The predicted octanol–water partition coefficient (Wildman–Crippen LogP) is 6.17. The van der Waals surface area contributed by atoms with Gasteiger partial charge in [-0.15, -0.1) is 13.2 Å². The number of aromatic carboxylic acids is 1. The van der Waals surface area contributed by atoms with Crippen molar-refractivity contribution in [1.82, 2.24) is 0 Å². The van der Waals surface area contributed by atoms with Gasteiger partial charge in [0.05, 0.1) is 11.3 Å². The average molecular weight is 444 g/mol. The average Bonchev–Trinajstić information content (AvgIpc) is 2.74. The number of hydrogen-bond acceptors (Lipinski definition) is 5. The first-order valence-corrected chi connectivity index (χ1v) is 9.46. The van der Waals surface area contributed by atoms with Crippen LogP contribution in [0.15, 0.2) is 77.0 Å². The van der Waals surface area contributed by atoms with E-state index in [2.05, 4.69) is 15.0 Å². The van der Waals surface area contributed by atoms with Crippen molar-refractivity contribution < 1.29 is 32.5 Å². The molecule has 0 bridgehead atoms. The number of carboxylic acid groups (broad SMARTS) is 1. The molecule has 0 saturated carbocycles. The minimum Gasteiger partial charge on any atom is -0.489 e. The Kier molecular flexibility index (Phi) is 7.09. The molecule has 0 unspecified atom stereocenters. The Labute approximate surface area is 181 Å². The molecule has 9 heteroatoms. The zero-order chi connectivity index (χ0) is 23.1. The van der Waals surface area contributed by atoms with Crippen LogP contribution in [0.4, 0.5) is 18.9 Å². The predicted molar refractivity (Wildman–Crippen MR) is 111 cm³/mol. The van der Waals surface area contributed by atoms with Crippen molar-refractivity contribution >= 4 is 11.7 Å². The molecule has 166 valence electrons. The lowest BCUT2D eigenvalue weighted by Gasteiger charge is -2.11. The van der Waals surface area contributed by atoms with Gasteiger partial charge in [-0.2, -0.15) is 10.2 Å². The summed E-state index contributed by atoms with van der Waals surface area (Å²) in [5, 5.41) is 16.9. The number of ether oxygens (including phenoxy) is 2. The van der Waals surface area contributed by atoms with Gasteiger partial charge in [-0.3, -0.25) is 0 Å². The highest BCUT2D eigenvalue weighted by Crippen LogP contribution is 2.26. The van der Waals surface area contributed by atoms with E-state index in [-0.39, 0.29) is 17.9 Å². The molecule has 3 aromatic carbocycles. The monoisotopic (exact) mass is 444 g/mol. The van der Waals surface area contributed by atoms with Crippen LogP contribution in [-0.4, -0.2) is 24.5 Å². The maximum Gasteiger partial charge on any atom is 0.573 e. The smallest absolute Gasteiger partial charge is 0.489 e. The van der Waals surface area contributed by atoms with Crippen molar-refractivity contribution in [3.8, 4) is 11.5 Å². The van der Waals surface area contributed by atoms with Crippen LogP contribution < -0.4 is 9.47 Å². The third-order valence-corrected chi connectivity index (χ3v) is 4.42. The van der Waals surface area contributed by atoms with Gasteiger partial charge in [0.1, 0.15) is 18.1 Å². The molecule has 3 rings (SSSR count). The third-order valence-electron chi connectivity index (χ3n) is 4.42. The highest BCUT2D eigenvalue weighted by atomic mass is 19.4. The largest absolute Gasteiger partial charge is 0.573 e. The van der Waals surface area contributed by atoms with Crippen LogP contribution in [0, 0.1) is 0 Å². The fraction of sp³-hybridized carbons (Fsp3) is 0.174. The van der Waals surface area contributed by atoms with Crippen molar-refractivity contribution in [2.45, 2.75) is 19.4 Å². The lowest BCUT2D eigenvalue weighted by atomic mass is 10.0. The fourth-order valence-electron chi connectivity index (χ4n) is 2.92. The van der Waals surface area contributed by atoms with Gasteiger partial charge < -0.3 is 14.6 Å². The molecular weight excluding hydrogens is 425 g/mol. The van der Waals surface area contributed by atoms with Gasteiger partial charge in [0.2, 0.25) is 0 Å². The van der Waals surface area contributed by atoms with Crippen LogP contribution in [0.25, 0.3) is 0 Å². The molecule has 0 amide bonds. The number of hydrogen-bond donors (Lipinski definition) is 1. The summed E-state index contributed by atoms with van der Waals surface area (Å²) in [5.74, 6) is -0.726. The molecule has 0 atom stereocenters. The van der Waals surface area contributed by atoms with E-state index < -0.39 is 12.3 Å². The number of nitrogens with zero attached hydrogens (tertiary/aromatic N) is 2. The van der Waals surface area contributed by atoms with Gasteiger partial charge in [-0.1, -0.05) is 30.3 Å². The second kappa shape index (κ2) is 9.95. The number of azo groups is 1. The molecule has 0 aromatic heterocycles. The maximum absolute atomic E-state index is 12.2. The topological polar surface area (TPSA) is 80.5 Å². The van der Waals surface area contributed by atoms with Gasteiger partial charge in [0, 0.05) is 7.05 Å². The number of alkyl halides is 3. The SMILES string of the molecule is CN=Nc1cc(C(=O)O)ccc1Cc1ccc(OCc2ccc(OC(F)(F)F)cc2)cc1. The lowest BCUT2D eigenvalue weighted by molar-refractivity contribution is -0.274. The van der Waals surface area contributed by atoms with Crippen molar-refractivity contribution in [1.29, 1.82) is 0 Å². The van der Waals surface area contributed by atoms with Crippen LogP contribution in [0.3, 0.4) is 0 Å². The van der Waals surface area contributed by atoms with E-state index in [1.807, 2.05) is 12.1 Å². The summed E-state index contributed by atoms with van der Waals surface area (Å²) < 4.78 is 46.2. The maximum atomic E-state index is 12.2. The highest BCUT2D eigenvalue weighted by molar-refractivity contribution is 5.88. The van der Waals surface area contributed by atoms with Gasteiger partial charge in [0.25, 0.3) is 0 Å². The van der Waals surface area contributed by atoms with Gasteiger partial charge >= 0.3 is 12.3 Å². The Balaban J connectivity index is 1.61. The second-order valence-electron chi connectivity index (χ2n) is 6.75. The van der Waals surface area contributed by atoms with Crippen molar-refractivity contribution in [3.63, 3.8) is 0 Å². The van der Waals surface area contributed by atoms with Gasteiger partial charge in [-0.05, 0) is 59.5 Å². The molecular formula is C23H19F3N2O4. The Bertz CT molecular complexity index is 1100. The van der Waals surface area contributed by atoms with Crippen LogP contribution >= 0.6 is 0 Å². The third kappa shape index (κ3) is 6.56. The molecule has 0 fully saturated rings. The van der Waals surface area contributed by atoms with E-state index in [9.17, 15) is 18.0 Å². The molecule has 3 aromatic rings.